The largest absolute Gasteiger partial charge is 0.381 e. The summed E-state index contributed by atoms with van der Waals surface area (Å²) in [5, 5.41) is 6.44. The van der Waals surface area contributed by atoms with Crippen molar-refractivity contribution in [2.75, 3.05) is 26.3 Å². The van der Waals surface area contributed by atoms with Crippen LogP contribution in [0.15, 0.2) is 28.9 Å². The molecule has 1 atom stereocenters. The number of nitrogens with one attached hydrogen (secondary N) is 1. The van der Waals surface area contributed by atoms with Gasteiger partial charge in [-0.15, -0.1) is 0 Å². The number of halogens is 1. The number of hydrogen-bond donors (Lipinski definition) is 2. The number of aromatic nitrogens is 1. The number of ether oxygens (including phenoxy) is 1. The summed E-state index contributed by atoms with van der Waals surface area (Å²) in [7, 11) is 0. The number of aryl methyl sites for hydroxylation is 1. The smallest absolute Gasteiger partial charge is 0.290 e. The normalized spacial score (nSPS) is 19.8. The maximum atomic E-state index is 14.1. The highest BCUT2D eigenvalue weighted by molar-refractivity contribution is 5.99. The van der Waals surface area contributed by atoms with Crippen molar-refractivity contribution in [2.24, 2.45) is 11.1 Å². The third-order valence-electron chi connectivity index (χ3n) is 6.31. The first kappa shape index (κ1) is 21.9. The van der Waals surface area contributed by atoms with Crippen molar-refractivity contribution < 1.29 is 28.0 Å². The Bertz CT molecular complexity index is 1050. The molecule has 2 saturated heterocycles. The predicted octanol–water partition coefficient (Wildman–Crippen LogP) is 1.66. The van der Waals surface area contributed by atoms with Gasteiger partial charge in [-0.25, -0.2) is 4.39 Å². The summed E-state index contributed by atoms with van der Waals surface area (Å²) < 4.78 is 24.6. The lowest BCUT2D eigenvalue weighted by Gasteiger charge is -2.33. The zero-order valence-electron chi connectivity index (χ0n) is 17.7. The molecule has 1 spiro atoms. The van der Waals surface area contributed by atoms with Crippen molar-refractivity contribution in [3.8, 4) is 0 Å². The molecule has 32 heavy (non-hydrogen) atoms. The summed E-state index contributed by atoms with van der Waals surface area (Å²) in [6, 6.07) is 3.08. The van der Waals surface area contributed by atoms with E-state index in [4.69, 9.17) is 15.0 Å². The Hall–Kier alpha value is -3.27. The minimum absolute atomic E-state index is 0.0466. The van der Waals surface area contributed by atoms with Crippen molar-refractivity contribution in [1.29, 1.82) is 0 Å². The quantitative estimate of drug-likeness (QED) is 0.722. The lowest BCUT2D eigenvalue weighted by atomic mass is 9.78. The van der Waals surface area contributed by atoms with Crippen LogP contribution in [0.1, 0.15) is 56.1 Å². The van der Waals surface area contributed by atoms with Gasteiger partial charge >= 0.3 is 0 Å². The van der Waals surface area contributed by atoms with E-state index in [-0.39, 0.29) is 34.9 Å². The number of benzene rings is 1. The lowest BCUT2D eigenvalue weighted by Crippen LogP contribution is -2.43. The summed E-state index contributed by atoms with van der Waals surface area (Å²) in [5.41, 5.74) is 5.73. The third kappa shape index (κ3) is 4.36. The fourth-order valence-corrected chi connectivity index (χ4v) is 4.57. The van der Waals surface area contributed by atoms with Crippen LogP contribution in [0.3, 0.4) is 0 Å². The number of amides is 3. The molecule has 1 unspecified atom stereocenters. The SMILES string of the molecule is Cc1cnoc1C(=O)NCC1CC2(CCOCC2)CN1C(=O)c1cc(F)cc(C(N)=O)c1. The molecule has 3 N–H and O–H groups in total. The van der Waals surface area contributed by atoms with E-state index in [1.54, 1.807) is 11.8 Å². The van der Waals surface area contributed by atoms with E-state index in [1.807, 2.05) is 0 Å². The highest BCUT2D eigenvalue weighted by atomic mass is 19.1. The molecule has 9 nitrogen and oxygen atoms in total. The van der Waals surface area contributed by atoms with Gasteiger partial charge in [-0.3, -0.25) is 14.4 Å². The van der Waals surface area contributed by atoms with Crippen LogP contribution in [0, 0.1) is 18.2 Å². The van der Waals surface area contributed by atoms with Crippen molar-refractivity contribution in [3.63, 3.8) is 0 Å². The van der Waals surface area contributed by atoms with Gasteiger partial charge in [0.2, 0.25) is 11.7 Å². The van der Waals surface area contributed by atoms with Crippen LogP contribution < -0.4 is 11.1 Å². The predicted molar refractivity (Wildman–Crippen MR) is 110 cm³/mol. The fourth-order valence-electron chi connectivity index (χ4n) is 4.57. The van der Waals surface area contributed by atoms with Crippen molar-refractivity contribution in [3.05, 3.63) is 52.7 Å². The van der Waals surface area contributed by atoms with Crippen LogP contribution in [-0.2, 0) is 4.74 Å². The molecule has 3 amide bonds. The number of carbonyl (C=O) groups is 3. The first-order chi connectivity index (χ1) is 15.3. The summed E-state index contributed by atoms with van der Waals surface area (Å²) in [6.07, 6.45) is 3.71. The summed E-state index contributed by atoms with van der Waals surface area (Å²) in [5.74, 6) is -2.23. The van der Waals surface area contributed by atoms with Gasteiger partial charge in [-0.2, -0.15) is 0 Å². The Morgan fingerprint density at radius 1 is 1.25 bits per heavy atom. The molecular weight excluding hydrogens is 419 g/mol. The van der Waals surface area contributed by atoms with Gasteiger partial charge in [0.05, 0.1) is 6.20 Å². The van der Waals surface area contributed by atoms with Crippen molar-refractivity contribution in [1.82, 2.24) is 15.4 Å². The number of hydrogen-bond acceptors (Lipinski definition) is 6. The Balaban J connectivity index is 1.57. The molecule has 4 rings (SSSR count). The number of carbonyl (C=O) groups excluding carboxylic acids is 3. The molecule has 2 aromatic rings. The zero-order chi connectivity index (χ0) is 22.9. The monoisotopic (exact) mass is 444 g/mol. The molecular formula is C22H25FN4O5. The third-order valence-corrected chi connectivity index (χ3v) is 6.31. The molecule has 0 bridgehead atoms. The van der Waals surface area contributed by atoms with Crippen LogP contribution in [-0.4, -0.2) is 60.1 Å². The second kappa shape index (κ2) is 8.70. The summed E-state index contributed by atoms with van der Waals surface area (Å²) >= 11 is 0. The molecule has 3 heterocycles. The van der Waals surface area contributed by atoms with Gasteiger partial charge in [-0.05, 0) is 49.8 Å². The molecule has 2 aliphatic rings. The molecule has 1 aromatic carbocycles. The van der Waals surface area contributed by atoms with Crippen LogP contribution in [0.2, 0.25) is 0 Å². The number of nitrogens with zero attached hydrogens (tertiary/aromatic N) is 2. The highest BCUT2D eigenvalue weighted by Gasteiger charge is 2.46. The van der Waals surface area contributed by atoms with Crippen molar-refractivity contribution >= 4 is 17.7 Å². The van der Waals surface area contributed by atoms with Crippen LogP contribution in [0.5, 0.6) is 0 Å². The molecule has 2 fully saturated rings. The second-order valence-corrected chi connectivity index (χ2v) is 8.54. The minimum atomic E-state index is -0.813. The molecule has 1 aromatic heterocycles. The Morgan fingerprint density at radius 2 is 1.97 bits per heavy atom. The number of primary amides is 1. The molecule has 0 saturated carbocycles. The highest BCUT2D eigenvalue weighted by Crippen LogP contribution is 2.43. The molecule has 2 aliphatic heterocycles. The first-order valence-corrected chi connectivity index (χ1v) is 10.5. The maximum Gasteiger partial charge on any atom is 0.290 e. The molecule has 0 radical (unpaired) electrons. The molecule has 10 heteroatoms. The van der Waals surface area contributed by atoms with E-state index < -0.39 is 23.5 Å². The van der Waals surface area contributed by atoms with E-state index in [2.05, 4.69) is 10.5 Å². The second-order valence-electron chi connectivity index (χ2n) is 8.54. The zero-order valence-corrected chi connectivity index (χ0v) is 17.7. The standard InChI is InChI=1S/C22H25FN4O5/c1-13-10-26-32-18(13)20(29)25-11-17-9-22(2-4-31-5-3-22)12-27(17)21(30)15-6-14(19(24)28)7-16(23)8-15/h6-8,10,17H,2-5,9,11-12H2,1H3,(H2,24,28)(H,25,29). The van der Waals surface area contributed by atoms with Gasteiger partial charge in [0.1, 0.15) is 5.82 Å². The van der Waals surface area contributed by atoms with Crippen LogP contribution in [0.4, 0.5) is 4.39 Å². The lowest BCUT2D eigenvalue weighted by molar-refractivity contribution is 0.0190. The van der Waals surface area contributed by atoms with E-state index >= 15 is 0 Å². The number of likely N-dealkylation sites (tertiary alicyclic amines) is 1. The summed E-state index contributed by atoms with van der Waals surface area (Å²) in [4.78, 5) is 39.0. The fraction of sp³-hybridized carbons (Fsp3) is 0.455. The van der Waals surface area contributed by atoms with Gasteiger partial charge in [0, 0.05) is 49.0 Å². The van der Waals surface area contributed by atoms with E-state index in [0.29, 0.717) is 31.7 Å². The molecule has 170 valence electrons. The van der Waals surface area contributed by atoms with E-state index in [0.717, 1.165) is 25.0 Å². The number of nitrogens with two attached hydrogens (primary N) is 1. The van der Waals surface area contributed by atoms with Crippen LogP contribution in [0.25, 0.3) is 0 Å². The van der Waals surface area contributed by atoms with E-state index in [1.165, 1.54) is 12.3 Å². The molecule has 0 aliphatic carbocycles. The average molecular weight is 444 g/mol. The maximum absolute atomic E-state index is 14.1. The summed E-state index contributed by atoms with van der Waals surface area (Å²) in [6.45, 7) is 3.58. The Morgan fingerprint density at radius 3 is 2.62 bits per heavy atom. The topological polar surface area (TPSA) is 128 Å². The van der Waals surface area contributed by atoms with Gasteiger partial charge < -0.3 is 25.2 Å². The van der Waals surface area contributed by atoms with Gasteiger partial charge in [0.25, 0.3) is 11.8 Å². The van der Waals surface area contributed by atoms with Crippen LogP contribution >= 0.6 is 0 Å². The van der Waals surface area contributed by atoms with Gasteiger partial charge in [-0.1, -0.05) is 5.16 Å². The van der Waals surface area contributed by atoms with Crippen molar-refractivity contribution in [2.45, 2.75) is 32.2 Å². The minimum Gasteiger partial charge on any atom is -0.381 e. The Labute approximate surface area is 184 Å². The van der Waals surface area contributed by atoms with Gasteiger partial charge in [0.15, 0.2) is 0 Å². The average Bonchev–Trinajstić information content (AvgIpc) is 3.35. The first-order valence-electron chi connectivity index (χ1n) is 10.5. The van der Waals surface area contributed by atoms with E-state index in [9.17, 15) is 18.8 Å². The number of rotatable bonds is 5. The Kier molecular flexibility index (Phi) is 5.96.